The molecule has 0 aliphatic carbocycles. The van der Waals surface area contributed by atoms with Crippen LogP contribution < -0.4 is 5.56 Å². The summed E-state index contributed by atoms with van der Waals surface area (Å²) in [6, 6.07) is 13.4. The van der Waals surface area contributed by atoms with Crippen LogP contribution >= 0.6 is 0 Å². The molecule has 0 fully saturated rings. The highest BCUT2D eigenvalue weighted by molar-refractivity contribution is 6.01. The van der Waals surface area contributed by atoms with Crippen LogP contribution in [0.2, 0.25) is 0 Å². The van der Waals surface area contributed by atoms with Gasteiger partial charge in [0.05, 0.1) is 29.7 Å². The van der Waals surface area contributed by atoms with Gasteiger partial charge in [-0.05, 0) is 43.7 Å². The molecule has 0 aliphatic rings. The molecule has 0 saturated carbocycles. The molecule has 2 aromatic heterocycles. The van der Waals surface area contributed by atoms with Gasteiger partial charge in [-0.1, -0.05) is 18.2 Å². The van der Waals surface area contributed by atoms with Crippen molar-refractivity contribution in [1.82, 2.24) is 14.1 Å². The van der Waals surface area contributed by atoms with Crippen molar-refractivity contribution in [2.75, 3.05) is 13.2 Å². The Morgan fingerprint density at radius 3 is 2.61 bits per heavy atom. The van der Waals surface area contributed by atoms with E-state index in [1.165, 1.54) is 4.57 Å². The molecule has 8 nitrogen and oxygen atoms in total. The summed E-state index contributed by atoms with van der Waals surface area (Å²) < 4.78 is 8.21. The maximum Gasteiger partial charge on any atom is 0.338 e. The number of hydrogen-bond donors (Lipinski definition) is 1. The number of imidazole rings is 1. The number of aliphatic imine (C=N–C) groups is 1. The average Bonchev–Trinajstić information content (AvgIpc) is 3.35. The number of aryl methyl sites for hydroxylation is 1. The Kier molecular flexibility index (Phi) is 6.64. The Balaban J connectivity index is 1.68. The number of fused-ring (bicyclic) bond motifs is 1. The number of pyridine rings is 1. The van der Waals surface area contributed by atoms with Gasteiger partial charge in [-0.3, -0.25) is 9.79 Å². The molecule has 2 aromatic carbocycles. The Morgan fingerprint density at radius 1 is 1.15 bits per heavy atom. The van der Waals surface area contributed by atoms with E-state index in [9.17, 15) is 14.7 Å². The third-order valence-electron chi connectivity index (χ3n) is 5.22. The van der Waals surface area contributed by atoms with Gasteiger partial charge in [0.2, 0.25) is 5.88 Å². The first-order valence-electron chi connectivity index (χ1n) is 10.7. The Labute approximate surface area is 190 Å². The lowest BCUT2D eigenvalue weighted by molar-refractivity contribution is 0.0526. The van der Waals surface area contributed by atoms with E-state index in [4.69, 9.17) is 4.74 Å². The summed E-state index contributed by atoms with van der Waals surface area (Å²) in [7, 11) is 0. The zero-order valence-corrected chi connectivity index (χ0v) is 18.2. The minimum Gasteiger partial charge on any atom is -0.494 e. The summed E-state index contributed by atoms with van der Waals surface area (Å²) in [5, 5.41) is 12.1. The second-order valence-corrected chi connectivity index (χ2v) is 7.38. The second kappa shape index (κ2) is 9.95. The van der Waals surface area contributed by atoms with Crippen LogP contribution in [0.15, 0.2) is 77.0 Å². The smallest absolute Gasteiger partial charge is 0.338 e. The van der Waals surface area contributed by atoms with Crippen LogP contribution in [0.1, 0.15) is 29.3 Å². The molecule has 0 radical (unpaired) electrons. The van der Waals surface area contributed by atoms with Crippen molar-refractivity contribution in [2.24, 2.45) is 4.99 Å². The van der Waals surface area contributed by atoms with Crippen LogP contribution in [0.5, 0.6) is 5.88 Å². The second-order valence-electron chi connectivity index (χ2n) is 7.38. The van der Waals surface area contributed by atoms with Gasteiger partial charge in [-0.25, -0.2) is 14.3 Å². The lowest BCUT2D eigenvalue weighted by Crippen LogP contribution is -2.20. The van der Waals surface area contributed by atoms with Crippen LogP contribution in [-0.2, 0) is 11.3 Å². The predicted molar refractivity (Wildman–Crippen MR) is 126 cm³/mol. The summed E-state index contributed by atoms with van der Waals surface area (Å²) in [4.78, 5) is 33.6. The van der Waals surface area contributed by atoms with E-state index in [0.29, 0.717) is 34.1 Å². The number of nitrogens with zero attached hydrogens (tertiary/aromatic N) is 4. The molecule has 1 N–H and O–H groups in total. The molecular formula is C25H24N4O4. The first-order valence-corrected chi connectivity index (χ1v) is 10.7. The zero-order chi connectivity index (χ0) is 23.2. The SMILES string of the molecule is CCOC(=O)c1ccc(-n2c(O)c(C=NCCCn3ccnc3)c3ccccc3c2=O)cc1. The van der Waals surface area contributed by atoms with Gasteiger partial charge in [0.25, 0.3) is 5.56 Å². The number of rotatable bonds is 8. The highest BCUT2D eigenvalue weighted by Gasteiger charge is 2.16. The van der Waals surface area contributed by atoms with E-state index >= 15 is 0 Å². The number of aromatic hydroxyl groups is 1. The molecular weight excluding hydrogens is 420 g/mol. The summed E-state index contributed by atoms with van der Waals surface area (Å²) in [6.45, 7) is 3.35. The average molecular weight is 444 g/mol. The molecule has 0 aliphatic heterocycles. The van der Waals surface area contributed by atoms with Gasteiger partial charge < -0.3 is 14.4 Å². The highest BCUT2D eigenvalue weighted by Crippen LogP contribution is 2.26. The molecule has 0 atom stereocenters. The first-order chi connectivity index (χ1) is 16.1. The molecule has 168 valence electrons. The normalized spacial score (nSPS) is 11.3. The van der Waals surface area contributed by atoms with Crippen molar-refractivity contribution in [2.45, 2.75) is 19.9 Å². The molecule has 0 unspecified atom stereocenters. The number of carbonyl (C=O) groups excluding carboxylic acids is 1. The highest BCUT2D eigenvalue weighted by atomic mass is 16.5. The van der Waals surface area contributed by atoms with Gasteiger partial charge in [-0.15, -0.1) is 0 Å². The third-order valence-corrected chi connectivity index (χ3v) is 5.22. The van der Waals surface area contributed by atoms with Crippen molar-refractivity contribution in [3.63, 3.8) is 0 Å². The van der Waals surface area contributed by atoms with E-state index in [1.807, 2.05) is 16.8 Å². The standard InChI is InChI=1S/C25H24N4O4/c1-2-33-25(32)18-8-10-19(11-9-18)29-23(30)21-7-4-3-6-20(21)22(24(29)31)16-26-12-5-14-28-15-13-27-17-28/h3-4,6-11,13,15-17,31H,2,5,12,14H2,1H3. The molecule has 4 rings (SSSR count). The molecule has 0 spiro atoms. The van der Waals surface area contributed by atoms with Gasteiger partial charge in [-0.2, -0.15) is 0 Å². The number of hydrogen-bond acceptors (Lipinski definition) is 6. The number of ether oxygens (including phenoxy) is 1. The zero-order valence-electron chi connectivity index (χ0n) is 18.2. The van der Waals surface area contributed by atoms with Crippen molar-refractivity contribution in [1.29, 1.82) is 0 Å². The van der Waals surface area contributed by atoms with Gasteiger partial charge in [0, 0.05) is 42.5 Å². The molecule has 33 heavy (non-hydrogen) atoms. The Hall–Kier alpha value is -4.20. The van der Waals surface area contributed by atoms with E-state index in [0.717, 1.165) is 13.0 Å². The summed E-state index contributed by atoms with van der Waals surface area (Å²) >= 11 is 0. The maximum atomic E-state index is 13.2. The lowest BCUT2D eigenvalue weighted by atomic mass is 10.1. The van der Waals surface area contributed by atoms with E-state index in [2.05, 4.69) is 9.98 Å². The quantitative estimate of drug-likeness (QED) is 0.254. The lowest BCUT2D eigenvalue weighted by Gasteiger charge is -2.14. The number of benzene rings is 2. The Morgan fingerprint density at radius 2 is 1.91 bits per heavy atom. The molecule has 8 heteroatoms. The van der Waals surface area contributed by atoms with E-state index in [-0.39, 0.29) is 18.0 Å². The van der Waals surface area contributed by atoms with Gasteiger partial charge in [0.1, 0.15) is 0 Å². The van der Waals surface area contributed by atoms with E-state index in [1.54, 1.807) is 68.1 Å². The molecule has 0 saturated heterocycles. The van der Waals surface area contributed by atoms with Crippen LogP contribution in [0.25, 0.3) is 16.5 Å². The van der Waals surface area contributed by atoms with Crippen molar-refractivity contribution >= 4 is 23.0 Å². The first kappa shape index (κ1) is 22.0. The molecule has 2 heterocycles. The number of carbonyl (C=O) groups is 1. The van der Waals surface area contributed by atoms with Gasteiger partial charge >= 0.3 is 5.97 Å². The summed E-state index contributed by atoms with van der Waals surface area (Å²) in [5.41, 5.74) is 0.909. The molecule has 0 amide bonds. The van der Waals surface area contributed by atoms with Crippen molar-refractivity contribution < 1.29 is 14.6 Å². The van der Waals surface area contributed by atoms with Crippen LogP contribution in [0.4, 0.5) is 0 Å². The van der Waals surface area contributed by atoms with Crippen molar-refractivity contribution in [3.8, 4) is 11.6 Å². The Bertz CT molecular complexity index is 1340. The predicted octanol–water partition coefficient (Wildman–Crippen LogP) is 3.58. The van der Waals surface area contributed by atoms with Crippen molar-refractivity contribution in [3.05, 3.63) is 88.7 Å². The monoisotopic (exact) mass is 444 g/mol. The van der Waals surface area contributed by atoms with Crippen LogP contribution in [-0.4, -0.2) is 44.6 Å². The summed E-state index contributed by atoms with van der Waals surface area (Å²) in [6.07, 6.45) is 7.79. The fourth-order valence-corrected chi connectivity index (χ4v) is 3.61. The fourth-order valence-electron chi connectivity index (χ4n) is 3.61. The van der Waals surface area contributed by atoms with Gasteiger partial charge in [0.15, 0.2) is 0 Å². The van der Waals surface area contributed by atoms with E-state index < -0.39 is 5.97 Å². The van der Waals surface area contributed by atoms with Crippen LogP contribution in [0.3, 0.4) is 0 Å². The minimum absolute atomic E-state index is 0.207. The van der Waals surface area contributed by atoms with Crippen LogP contribution in [0, 0.1) is 0 Å². The number of esters is 1. The number of aromatic nitrogens is 3. The summed E-state index contributed by atoms with van der Waals surface area (Å²) in [5.74, 6) is -0.649. The molecule has 0 bridgehead atoms. The topological polar surface area (TPSA) is 98.7 Å². The molecule has 4 aromatic rings. The minimum atomic E-state index is -0.442. The largest absolute Gasteiger partial charge is 0.494 e. The fraction of sp³-hybridized carbons (Fsp3) is 0.200. The maximum absolute atomic E-state index is 13.2. The third kappa shape index (κ3) is 4.69.